The molecule has 0 amide bonds. The molecule has 0 radical (unpaired) electrons. The summed E-state index contributed by atoms with van der Waals surface area (Å²) in [5.41, 5.74) is 2.05. The quantitative estimate of drug-likeness (QED) is 0.282. The maximum atomic E-state index is 11.0. The van der Waals surface area contributed by atoms with Gasteiger partial charge in [0, 0.05) is 11.1 Å². The van der Waals surface area contributed by atoms with Crippen LogP contribution in [0.1, 0.15) is 0 Å². The van der Waals surface area contributed by atoms with Crippen molar-refractivity contribution in [2.75, 3.05) is 21.0 Å². The first-order valence-corrected chi connectivity index (χ1v) is 9.49. The molecule has 0 saturated heterocycles. The van der Waals surface area contributed by atoms with Gasteiger partial charge in [-0.15, -0.1) is 0 Å². The molecule has 0 aliphatic carbocycles. The summed E-state index contributed by atoms with van der Waals surface area (Å²) in [6.07, 6.45) is 1.38. The van der Waals surface area contributed by atoms with E-state index in [2.05, 4.69) is 9.34 Å². The van der Waals surface area contributed by atoms with E-state index in [0.717, 1.165) is 0 Å². The van der Waals surface area contributed by atoms with Gasteiger partial charge >= 0.3 is 29.6 Å². The van der Waals surface area contributed by atoms with Crippen molar-refractivity contribution in [1.29, 1.82) is 0 Å². The van der Waals surface area contributed by atoms with Crippen LogP contribution < -0.4 is 52.7 Å². The number of ether oxygens (including phenoxy) is 4. The van der Waals surface area contributed by atoms with Gasteiger partial charge in [-0.3, -0.25) is 0 Å². The molecule has 1 aromatic heterocycles. The van der Waals surface area contributed by atoms with Gasteiger partial charge in [0.2, 0.25) is 12.5 Å². The molecule has 1 aliphatic heterocycles. The van der Waals surface area contributed by atoms with Crippen molar-refractivity contribution in [3.63, 3.8) is 0 Å². The van der Waals surface area contributed by atoms with Crippen molar-refractivity contribution in [3.05, 3.63) is 36.6 Å². The normalized spacial score (nSPS) is 12.2. The number of hydrogen-bond acceptors (Lipinski definition) is 10. The molecular formula is C18H14NNaO9S. The number of hydrogen-bond donors (Lipinski definition) is 0. The Morgan fingerprint density at radius 2 is 1.73 bits per heavy atom. The van der Waals surface area contributed by atoms with Gasteiger partial charge in [-0.05, 0) is 29.8 Å². The van der Waals surface area contributed by atoms with Crippen LogP contribution in [0.4, 0.5) is 0 Å². The van der Waals surface area contributed by atoms with E-state index in [1.54, 1.807) is 18.2 Å². The summed E-state index contributed by atoms with van der Waals surface area (Å²) in [5.74, 6) is 1.26. The van der Waals surface area contributed by atoms with Crippen LogP contribution in [0.15, 0.2) is 41.1 Å². The minimum atomic E-state index is -4.99. The van der Waals surface area contributed by atoms with Crippen LogP contribution >= 0.6 is 0 Å². The van der Waals surface area contributed by atoms with E-state index >= 15 is 0 Å². The Balaban J connectivity index is 0.00000256. The molecule has 2 aromatic carbocycles. The van der Waals surface area contributed by atoms with Gasteiger partial charge in [-0.25, -0.2) is 8.42 Å². The van der Waals surface area contributed by atoms with E-state index in [0.29, 0.717) is 39.6 Å². The third-order valence-electron chi connectivity index (χ3n) is 4.17. The van der Waals surface area contributed by atoms with Crippen LogP contribution in [-0.4, -0.2) is 39.1 Å². The van der Waals surface area contributed by atoms with Gasteiger partial charge < -0.3 is 32.2 Å². The standard InChI is InChI=1S/C18H15NO9S.Na/c1-23-13-4-3-10(5-14(13)28-29(20,21)22)12-8-27-19-17(12)11-6-15(24-2)18-16(7-11)25-9-26-18;/h3-8H,9H2,1-2H3,(H,20,21,22);/q;+1/p-1. The second kappa shape index (κ2) is 8.74. The van der Waals surface area contributed by atoms with Crippen molar-refractivity contribution in [3.8, 4) is 51.1 Å². The van der Waals surface area contributed by atoms with Crippen LogP contribution in [0.25, 0.3) is 22.4 Å². The fraction of sp³-hybridized carbons (Fsp3) is 0.167. The Bertz CT molecular complexity index is 1180. The Kier molecular flexibility index (Phi) is 6.48. The molecule has 0 saturated carbocycles. The van der Waals surface area contributed by atoms with Gasteiger partial charge in [0.25, 0.3) is 10.4 Å². The van der Waals surface area contributed by atoms with Gasteiger partial charge in [0.1, 0.15) is 12.0 Å². The van der Waals surface area contributed by atoms with E-state index < -0.39 is 10.4 Å². The Morgan fingerprint density at radius 3 is 2.43 bits per heavy atom. The molecule has 0 spiro atoms. The van der Waals surface area contributed by atoms with Crippen LogP contribution in [0.5, 0.6) is 28.7 Å². The number of benzene rings is 2. The Labute approximate surface area is 193 Å². The largest absolute Gasteiger partial charge is 1.00 e. The average Bonchev–Trinajstić information content (AvgIpc) is 3.35. The number of rotatable bonds is 6. The minimum absolute atomic E-state index is 0. The van der Waals surface area contributed by atoms with E-state index in [1.807, 2.05) is 0 Å². The monoisotopic (exact) mass is 443 g/mol. The van der Waals surface area contributed by atoms with Crippen molar-refractivity contribution in [1.82, 2.24) is 5.16 Å². The summed E-state index contributed by atoms with van der Waals surface area (Å²) in [4.78, 5) is 0. The third kappa shape index (κ3) is 4.35. The summed E-state index contributed by atoms with van der Waals surface area (Å²) in [6.45, 7) is 0.0731. The molecular weight excluding hydrogens is 429 g/mol. The fourth-order valence-corrected chi connectivity index (χ4v) is 3.29. The van der Waals surface area contributed by atoms with Crippen LogP contribution in [-0.2, 0) is 10.4 Å². The maximum Gasteiger partial charge on any atom is 1.00 e. The third-order valence-corrected chi connectivity index (χ3v) is 4.55. The molecule has 152 valence electrons. The SMILES string of the molecule is COc1ccc(-c2conc2-c2cc(OC)c3c(c2)OCO3)cc1OS(=O)(=O)[O-].[Na+]. The molecule has 0 bridgehead atoms. The van der Waals surface area contributed by atoms with E-state index in [-0.39, 0.29) is 47.8 Å². The molecule has 0 fully saturated rings. The second-order valence-corrected chi connectivity index (χ2v) is 6.83. The predicted molar refractivity (Wildman–Crippen MR) is 96.9 cm³/mol. The van der Waals surface area contributed by atoms with E-state index in [9.17, 15) is 13.0 Å². The zero-order valence-electron chi connectivity index (χ0n) is 16.2. The molecule has 12 heteroatoms. The molecule has 0 unspecified atom stereocenters. The second-order valence-electron chi connectivity index (χ2n) is 5.85. The number of aromatic nitrogens is 1. The summed E-state index contributed by atoms with van der Waals surface area (Å²) in [6, 6.07) is 7.87. The van der Waals surface area contributed by atoms with E-state index in [4.69, 9.17) is 23.5 Å². The van der Waals surface area contributed by atoms with Crippen LogP contribution in [0.2, 0.25) is 0 Å². The molecule has 0 atom stereocenters. The molecule has 3 aromatic rings. The smallest absolute Gasteiger partial charge is 0.716 e. The topological polar surface area (TPSA) is 129 Å². The van der Waals surface area contributed by atoms with Gasteiger partial charge in [-0.2, -0.15) is 0 Å². The summed E-state index contributed by atoms with van der Waals surface area (Å²) in [5, 5.41) is 4.03. The molecule has 2 heterocycles. The van der Waals surface area contributed by atoms with Gasteiger partial charge in [-0.1, -0.05) is 11.2 Å². The first kappa shape index (κ1) is 22.2. The van der Waals surface area contributed by atoms with Gasteiger partial charge in [0.15, 0.2) is 23.0 Å². The molecule has 4 rings (SSSR count). The van der Waals surface area contributed by atoms with Crippen molar-refractivity contribution >= 4 is 10.4 Å². The van der Waals surface area contributed by atoms with Crippen LogP contribution in [0, 0.1) is 0 Å². The number of fused-ring (bicyclic) bond motifs is 1. The maximum absolute atomic E-state index is 11.0. The zero-order valence-corrected chi connectivity index (χ0v) is 19.0. The fourth-order valence-electron chi connectivity index (χ4n) is 2.94. The van der Waals surface area contributed by atoms with Gasteiger partial charge in [0.05, 0.1) is 14.2 Å². The Hall–Kier alpha value is -2.44. The summed E-state index contributed by atoms with van der Waals surface area (Å²) in [7, 11) is -2.17. The van der Waals surface area contributed by atoms with E-state index in [1.165, 1.54) is 32.6 Å². The average molecular weight is 443 g/mol. The number of methoxy groups -OCH3 is 2. The Morgan fingerprint density at radius 1 is 1.00 bits per heavy atom. The van der Waals surface area contributed by atoms with Crippen molar-refractivity contribution in [2.45, 2.75) is 0 Å². The zero-order chi connectivity index (χ0) is 20.6. The minimum Gasteiger partial charge on any atom is -0.716 e. The first-order chi connectivity index (χ1) is 13.9. The van der Waals surface area contributed by atoms with Crippen LogP contribution in [0.3, 0.4) is 0 Å². The van der Waals surface area contributed by atoms with Crippen molar-refractivity contribution < 1.29 is 70.2 Å². The molecule has 30 heavy (non-hydrogen) atoms. The molecule has 10 nitrogen and oxygen atoms in total. The summed E-state index contributed by atoms with van der Waals surface area (Å²) >= 11 is 0. The number of nitrogens with zero attached hydrogens (tertiary/aromatic N) is 1. The summed E-state index contributed by atoms with van der Waals surface area (Å²) < 4.78 is 63.9. The van der Waals surface area contributed by atoms with Crippen molar-refractivity contribution in [2.24, 2.45) is 0 Å². The molecule has 1 aliphatic rings. The molecule has 0 N–H and O–H groups in total. The predicted octanol–water partition coefficient (Wildman–Crippen LogP) is -0.402. The first-order valence-electron chi connectivity index (χ1n) is 8.15.